The molecule has 136 valence electrons. The van der Waals surface area contributed by atoms with Gasteiger partial charge in [0, 0.05) is 30.4 Å². The molecule has 0 aliphatic carbocycles. The number of benzene rings is 2. The van der Waals surface area contributed by atoms with E-state index in [9.17, 15) is 5.21 Å². The van der Waals surface area contributed by atoms with E-state index >= 15 is 0 Å². The highest BCUT2D eigenvalue weighted by atomic mass is 35.5. The number of pyridine rings is 1. The monoisotopic (exact) mass is 399 g/mol. The quantitative estimate of drug-likeness (QED) is 0.279. The maximum absolute atomic E-state index is 9.72. The average molecular weight is 400 g/mol. The molecule has 0 radical (unpaired) electrons. The summed E-state index contributed by atoms with van der Waals surface area (Å²) in [5.41, 5.74) is 2.95. The number of halogens is 2. The summed E-state index contributed by atoms with van der Waals surface area (Å²) >= 11 is 12.2. The van der Waals surface area contributed by atoms with Crippen LogP contribution in [0.5, 0.6) is 11.6 Å². The van der Waals surface area contributed by atoms with Crippen molar-refractivity contribution in [1.29, 1.82) is 0 Å². The Labute approximate surface area is 166 Å². The van der Waals surface area contributed by atoms with E-state index in [2.05, 4.69) is 22.3 Å². The summed E-state index contributed by atoms with van der Waals surface area (Å²) < 4.78 is 5.89. The average Bonchev–Trinajstić information content (AvgIpc) is 3.10. The van der Waals surface area contributed by atoms with Gasteiger partial charge >= 0.3 is 0 Å². The minimum absolute atomic E-state index is 0.283. The second-order valence-electron chi connectivity index (χ2n) is 6.08. The van der Waals surface area contributed by atoms with Gasteiger partial charge in [0.25, 0.3) is 0 Å². The van der Waals surface area contributed by atoms with E-state index < -0.39 is 0 Å². The third-order valence-electron chi connectivity index (χ3n) is 4.35. The Morgan fingerprint density at radius 2 is 1.78 bits per heavy atom. The van der Waals surface area contributed by atoms with Crippen molar-refractivity contribution < 1.29 is 9.94 Å². The first kappa shape index (κ1) is 17.6. The molecule has 7 heteroatoms. The molecule has 5 nitrogen and oxygen atoms in total. The molecular weight excluding hydrogens is 385 g/mol. The zero-order valence-electron chi connectivity index (χ0n) is 14.1. The third kappa shape index (κ3) is 3.56. The normalized spacial score (nSPS) is 13.6. The van der Waals surface area contributed by atoms with Crippen LogP contribution < -0.4 is 4.74 Å². The van der Waals surface area contributed by atoms with Crippen LogP contribution in [-0.2, 0) is 13.1 Å². The molecule has 2 heterocycles. The maximum Gasteiger partial charge on any atom is 0.230 e. The van der Waals surface area contributed by atoms with Crippen molar-refractivity contribution in [3.8, 4) is 11.6 Å². The summed E-state index contributed by atoms with van der Waals surface area (Å²) in [6.07, 6.45) is 1.60. The van der Waals surface area contributed by atoms with Gasteiger partial charge < -0.3 is 14.8 Å². The number of rotatable bonds is 3. The van der Waals surface area contributed by atoms with Crippen molar-refractivity contribution in [3.63, 3.8) is 0 Å². The Bertz CT molecular complexity index is 999. The minimum atomic E-state index is 0.283. The number of amidine groups is 1. The third-order valence-corrected chi connectivity index (χ3v) is 4.89. The number of ether oxygens (including phenoxy) is 1. The zero-order valence-corrected chi connectivity index (χ0v) is 15.7. The fraction of sp³-hybridized carbons (Fsp3) is 0.100. The first-order valence-electron chi connectivity index (χ1n) is 8.28. The van der Waals surface area contributed by atoms with E-state index in [1.807, 2.05) is 17.0 Å². The van der Waals surface area contributed by atoms with Gasteiger partial charge in [0.2, 0.25) is 5.88 Å². The minimum Gasteiger partial charge on any atom is -0.437 e. The van der Waals surface area contributed by atoms with Crippen molar-refractivity contribution in [2.45, 2.75) is 13.1 Å². The molecule has 0 atom stereocenters. The van der Waals surface area contributed by atoms with Gasteiger partial charge in [-0.05, 0) is 35.4 Å². The van der Waals surface area contributed by atoms with E-state index in [1.54, 1.807) is 36.5 Å². The molecule has 1 aliphatic heterocycles. The van der Waals surface area contributed by atoms with E-state index in [-0.39, 0.29) is 5.88 Å². The lowest BCUT2D eigenvalue weighted by molar-refractivity contribution is 0.301. The lowest BCUT2D eigenvalue weighted by Crippen LogP contribution is -2.27. The molecule has 4 rings (SSSR count). The Hall–Kier alpha value is -2.76. The second kappa shape index (κ2) is 7.47. The summed E-state index contributed by atoms with van der Waals surface area (Å²) in [6.45, 7) is 1.28. The summed E-state index contributed by atoms with van der Waals surface area (Å²) in [6, 6.07) is 16.6. The summed E-state index contributed by atoms with van der Waals surface area (Å²) in [4.78, 5) is 6.26. The summed E-state index contributed by atoms with van der Waals surface area (Å²) in [5, 5.41) is 14.2. The highest BCUT2D eigenvalue weighted by molar-refractivity contribution is 6.34. The number of hydrogen-bond acceptors (Lipinski definition) is 4. The molecule has 3 aromatic rings. The Kier molecular flexibility index (Phi) is 4.88. The zero-order chi connectivity index (χ0) is 18.8. The van der Waals surface area contributed by atoms with Gasteiger partial charge in [-0.3, -0.25) is 0 Å². The maximum atomic E-state index is 9.72. The first-order chi connectivity index (χ1) is 13.2. The van der Waals surface area contributed by atoms with Crippen LogP contribution in [0.1, 0.15) is 16.7 Å². The Balaban J connectivity index is 1.67. The lowest BCUT2D eigenvalue weighted by atomic mass is 10.1. The lowest BCUT2D eigenvalue weighted by Gasteiger charge is -2.20. The van der Waals surface area contributed by atoms with Crippen LogP contribution >= 0.6 is 23.2 Å². The molecule has 0 saturated carbocycles. The molecule has 0 saturated heterocycles. The van der Waals surface area contributed by atoms with Crippen molar-refractivity contribution in [2.24, 2.45) is 5.16 Å². The van der Waals surface area contributed by atoms with Gasteiger partial charge in [0.15, 0.2) is 5.84 Å². The Morgan fingerprint density at radius 3 is 2.48 bits per heavy atom. The number of aromatic nitrogens is 1. The molecule has 0 fully saturated rings. The van der Waals surface area contributed by atoms with Crippen LogP contribution in [-0.4, -0.2) is 20.9 Å². The van der Waals surface area contributed by atoms with Crippen LogP contribution in [0.15, 0.2) is 65.9 Å². The standard InChI is InChI=1S/C20H15Cl2N3O2/c21-15-7-8-17(22)18(10-15)27-20-16(6-3-9-23-20)19(24-26)25-11-13-4-1-2-5-14(13)12-25/h1-10,26H,11-12H2/b24-19-. The van der Waals surface area contributed by atoms with Crippen molar-refractivity contribution in [2.75, 3.05) is 0 Å². The summed E-state index contributed by atoms with van der Waals surface area (Å²) in [7, 11) is 0. The highest BCUT2D eigenvalue weighted by Gasteiger charge is 2.26. The fourth-order valence-corrected chi connectivity index (χ4v) is 3.39. The van der Waals surface area contributed by atoms with Crippen molar-refractivity contribution in [3.05, 3.63) is 87.5 Å². The smallest absolute Gasteiger partial charge is 0.230 e. The van der Waals surface area contributed by atoms with Crippen molar-refractivity contribution in [1.82, 2.24) is 9.88 Å². The molecule has 0 unspecified atom stereocenters. The molecule has 0 spiro atoms. The van der Waals surface area contributed by atoms with Crippen molar-refractivity contribution >= 4 is 29.0 Å². The van der Waals surface area contributed by atoms with Gasteiger partial charge in [0.1, 0.15) is 5.75 Å². The molecular formula is C20H15Cl2N3O2. The highest BCUT2D eigenvalue weighted by Crippen LogP contribution is 2.33. The van der Waals surface area contributed by atoms with Crippen LogP contribution in [0.25, 0.3) is 0 Å². The molecule has 1 aliphatic rings. The van der Waals surface area contributed by atoms with E-state index in [4.69, 9.17) is 27.9 Å². The molecule has 1 aromatic heterocycles. The number of fused-ring (bicyclic) bond motifs is 1. The van der Waals surface area contributed by atoms with Crippen LogP contribution in [0.4, 0.5) is 0 Å². The second-order valence-corrected chi connectivity index (χ2v) is 6.92. The number of oxime groups is 1. The van der Waals surface area contributed by atoms with Gasteiger partial charge in [-0.2, -0.15) is 0 Å². The van der Waals surface area contributed by atoms with E-state index in [0.29, 0.717) is 40.3 Å². The van der Waals surface area contributed by atoms with Gasteiger partial charge in [-0.15, -0.1) is 0 Å². The van der Waals surface area contributed by atoms with E-state index in [1.165, 1.54) is 11.1 Å². The van der Waals surface area contributed by atoms with Crippen LogP contribution in [0.3, 0.4) is 0 Å². The predicted molar refractivity (Wildman–Crippen MR) is 105 cm³/mol. The van der Waals surface area contributed by atoms with Crippen LogP contribution in [0.2, 0.25) is 10.0 Å². The summed E-state index contributed by atoms with van der Waals surface area (Å²) in [5.74, 6) is 1.05. The Morgan fingerprint density at radius 1 is 1.04 bits per heavy atom. The van der Waals surface area contributed by atoms with Gasteiger partial charge in [-0.1, -0.05) is 52.6 Å². The number of nitrogens with zero attached hydrogens (tertiary/aromatic N) is 3. The topological polar surface area (TPSA) is 58.0 Å². The SMILES string of the molecule is O/N=C(/c1cccnc1Oc1cc(Cl)ccc1Cl)N1Cc2ccccc2C1. The first-order valence-corrected chi connectivity index (χ1v) is 9.03. The van der Waals surface area contributed by atoms with E-state index in [0.717, 1.165) is 0 Å². The number of hydrogen-bond donors (Lipinski definition) is 1. The van der Waals surface area contributed by atoms with Crippen LogP contribution in [0, 0.1) is 0 Å². The predicted octanol–water partition coefficient (Wildman–Crippen LogP) is 5.33. The molecule has 2 aromatic carbocycles. The fourth-order valence-electron chi connectivity index (χ4n) is 3.07. The molecule has 1 N–H and O–H groups in total. The largest absolute Gasteiger partial charge is 0.437 e. The molecule has 27 heavy (non-hydrogen) atoms. The molecule has 0 bridgehead atoms. The van der Waals surface area contributed by atoms with Gasteiger partial charge in [-0.25, -0.2) is 4.98 Å². The van der Waals surface area contributed by atoms with Gasteiger partial charge in [0.05, 0.1) is 10.6 Å². The molecule has 0 amide bonds.